The Morgan fingerprint density at radius 3 is 2.65 bits per heavy atom. The van der Waals surface area contributed by atoms with E-state index in [1.807, 2.05) is 31.2 Å². The van der Waals surface area contributed by atoms with Gasteiger partial charge in [-0.05, 0) is 32.9 Å². The molecule has 9 nitrogen and oxygen atoms in total. The fourth-order valence-electron chi connectivity index (χ4n) is 2.94. The maximum absolute atomic E-state index is 12.2. The average molecular weight is 425 g/mol. The average Bonchev–Trinajstić information content (AvgIpc) is 3.08. The van der Waals surface area contributed by atoms with Crippen molar-refractivity contribution < 1.29 is 28.2 Å². The summed E-state index contributed by atoms with van der Waals surface area (Å²) < 4.78 is 21.3. The standard InChI is InChI=1S/C22H23N3O6/c1-4-28-15-9-7-6-8-14(15)10-11-17(26)30-12-16-24-20(23)19-18(22(27)29-5-2)13(3)31-21(19)25-16/h6-11H,4-5,12H2,1-3H3,(H2,23,24,25)/b11-10+. The van der Waals surface area contributed by atoms with Crippen LogP contribution in [-0.4, -0.2) is 35.1 Å². The van der Waals surface area contributed by atoms with E-state index in [0.717, 1.165) is 5.56 Å². The first kappa shape index (κ1) is 21.8. The number of nitrogen functional groups attached to an aromatic ring is 1. The third-order valence-corrected chi connectivity index (χ3v) is 4.24. The van der Waals surface area contributed by atoms with Gasteiger partial charge in [0.05, 0.1) is 18.6 Å². The number of aryl methyl sites for hydroxylation is 1. The van der Waals surface area contributed by atoms with Crippen LogP contribution in [0.5, 0.6) is 5.75 Å². The highest BCUT2D eigenvalue weighted by Crippen LogP contribution is 2.29. The number of furan rings is 1. The molecule has 9 heteroatoms. The van der Waals surface area contributed by atoms with Gasteiger partial charge in [0.1, 0.15) is 22.9 Å². The van der Waals surface area contributed by atoms with Crippen molar-refractivity contribution in [1.82, 2.24) is 9.97 Å². The van der Waals surface area contributed by atoms with E-state index in [1.54, 1.807) is 19.9 Å². The third kappa shape index (κ3) is 5.00. The summed E-state index contributed by atoms with van der Waals surface area (Å²) in [4.78, 5) is 32.6. The second-order valence-electron chi connectivity index (χ2n) is 6.37. The Hall–Kier alpha value is -3.88. The molecule has 0 saturated heterocycles. The second kappa shape index (κ2) is 9.75. The Balaban J connectivity index is 1.73. The van der Waals surface area contributed by atoms with Crippen LogP contribution in [0, 0.1) is 6.92 Å². The van der Waals surface area contributed by atoms with Gasteiger partial charge in [0, 0.05) is 11.6 Å². The van der Waals surface area contributed by atoms with E-state index in [-0.39, 0.29) is 41.5 Å². The van der Waals surface area contributed by atoms with E-state index >= 15 is 0 Å². The smallest absolute Gasteiger partial charge is 0.342 e. The number of carbonyl (C=O) groups excluding carboxylic acids is 2. The van der Waals surface area contributed by atoms with E-state index in [0.29, 0.717) is 18.1 Å². The van der Waals surface area contributed by atoms with Crippen molar-refractivity contribution in [3.05, 3.63) is 53.1 Å². The molecule has 0 radical (unpaired) electrons. The van der Waals surface area contributed by atoms with Gasteiger partial charge in [-0.25, -0.2) is 14.6 Å². The van der Waals surface area contributed by atoms with E-state index in [4.69, 9.17) is 24.4 Å². The highest BCUT2D eigenvalue weighted by Gasteiger charge is 2.24. The summed E-state index contributed by atoms with van der Waals surface area (Å²) in [6, 6.07) is 7.33. The van der Waals surface area contributed by atoms with Gasteiger partial charge in [-0.1, -0.05) is 18.2 Å². The molecule has 162 valence electrons. The number of esters is 2. The van der Waals surface area contributed by atoms with Gasteiger partial charge in [0.25, 0.3) is 0 Å². The van der Waals surface area contributed by atoms with E-state index in [1.165, 1.54) is 6.08 Å². The Bertz CT molecular complexity index is 1140. The fourth-order valence-corrected chi connectivity index (χ4v) is 2.94. The molecule has 3 rings (SSSR count). The first-order chi connectivity index (χ1) is 14.9. The van der Waals surface area contributed by atoms with Crippen LogP contribution in [-0.2, 0) is 20.9 Å². The van der Waals surface area contributed by atoms with Crippen molar-refractivity contribution in [3.8, 4) is 5.75 Å². The van der Waals surface area contributed by atoms with Crippen LogP contribution >= 0.6 is 0 Å². The number of fused-ring (bicyclic) bond motifs is 1. The normalized spacial score (nSPS) is 11.1. The lowest BCUT2D eigenvalue weighted by molar-refractivity contribution is -0.139. The number of hydrogen-bond acceptors (Lipinski definition) is 9. The molecule has 0 unspecified atom stereocenters. The van der Waals surface area contributed by atoms with Crippen molar-refractivity contribution in [2.75, 3.05) is 18.9 Å². The van der Waals surface area contributed by atoms with Gasteiger partial charge in [0.2, 0.25) is 5.71 Å². The molecule has 0 saturated carbocycles. The Morgan fingerprint density at radius 1 is 1.13 bits per heavy atom. The molecule has 2 N–H and O–H groups in total. The van der Waals surface area contributed by atoms with Crippen LogP contribution in [0.15, 0.2) is 34.8 Å². The number of para-hydroxylation sites is 1. The predicted octanol–water partition coefficient (Wildman–Crippen LogP) is 3.45. The number of nitrogens with two attached hydrogens (primary N) is 1. The number of aromatic nitrogens is 2. The molecule has 3 aromatic rings. The highest BCUT2D eigenvalue weighted by atomic mass is 16.5. The van der Waals surface area contributed by atoms with Crippen LogP contribution in [0.2, 0.25) is 0 Å². The lowest BCUT2D eigenvalue weighted by Crippen LogP contribution is -2.09. The van der Waals surface area contributed by atoms with Crippen molar-refractivity contribution in [1.29, 1.82) is 0 Å². The Kier molecular flexibility index (Phi) is 6.86. The molecule has 0 fully saturated rings. The summed E-state index contributed by atoms with van der Waals surface area (Å²) >= 11 is 0. The zero-order chi connectivity index (χ0) is 22.4. The summed E-state index contributed by atoms with van der Waals surface area (Å²) in [6.07, 6.45) is 2.89. The molecule has 2 aromatic heterocycles. The minimum Gasteiger partial charge on any atom is -0.493 e. The molecular formula is C22H23N3O6. The summed E-state index contributed by atoms with van der Waals surface area (Å²) in [5.74, 6) is 0.0190. The first-order valence-corrected chi connectivity index (χ1v) is 9.73. The lowest BCUT2D eigenvalue weighted by atomic mass is 10.2. The van der Waals surface area contributed by atoms with Gasteiger partial charge in [-0.3, -0.25) is 0 Å². The minimum absolute atomic E-state index is 0.0390. The topological polar surface area (TPSA) is 127 Å². The molecular weight excluding hydrogens is 402 g/mol. The van der Waals surface area contributed by atoms with E-state index in [2.05, 4.69) is 9.97 Å². The number of hydrogen-bond donors (Lipinski definition) is 1. The first-order valence-electron chi connectivity index (χ1n) is 9.73. The molecule has 0 bridgehead atoms. The van der Waals surface area contributed by atoms with Crippen LogP contribution in [0.3, 0.4) is 0 Å². The second-order valence-corrected chi connectivity index (χ2v) is 6.37. The predicted molar refractivity (Wildman–Crippen MR) is 113 cm³/mol. The Morgan fingerprint density at radius 2 is 1.90 bits per heavy atom. The van der Waals surface area contributed by atoms with E-state index in [9.17, 15) is 9.59 Å². The highest BCUT2D eigenvalue weighted by molar-refractivity contribution is 6.07. The molecule has 0 aliphatic rings. The van der Waals surface area contributed by atoms with Gasteiger partial charge in [0.15, 0.2) is 12.4 Å². The van der Waals surface area contributed by atoms with Gasteiger partial charge < -0.3 is 24.4 Å². The number of benzene rings is 1. The molecule has 0 aliphatic carbocycles. The number of ether oxygens (including phenoxy) is 3. The lowest BCUT2D eigenvalue weighted by Gasteiger charge is -2.06. The minimum atomic E-state index is -0.587. The SMILES string of the molecule is CCOC(=O)c1c(C)oc2nc(COC(=O)/C=C/c3ccccc3OCC)nc(N)c12. The number of anilines is 1. The molecule has 0 spiro atoms. The third-order valence-electron chi connectivity index (χ3n) is 4.24. The van der Waals surface area contributed by atoms with Gasteiger partial charge in [-0.2, -0.15) is 4.98 Å². The number of rotatable bonds is 8. The van der Waals surface area contributed by atoms with Gasteiger partial charge in [-0.15, -0.1) is 0 Å². The van der Waals surface area contributed by atoms with Crippen molar-refractivity contribution in [3.63, 3.8) is 0 Å². The number of carbonyl (C=O) groups is 2. The maximum atomic E-state index is 12.2. The van der Waals surface area contributed by atoms with Crippen LogP contribution in [0.4, 0.5) is 5.82 Å². The number of nitrogens with zero attached hydrogens (tertiary/aromatic N) is 2. The molecule has 1 aromatic carbocycles. The summed E-state index contributed by atoms with van der Waals surface area (Å²) in [6.45, 7) is 5.70. The summed E-state index contributed by atoms with van der Waals surface area (Å²) in [5, 5.41) is 0.276. The fraction of sp³-hybridized carbons (Fsp3) is 0.273. The molecule has 0 aliphatic heterocycles. The quantitative estimate of drug-likeness (QED) is 0.426. The summed E-state index contributed by atoms with van der Waals surface area (Å²) in [5.41, 5.74) is 7.07. The van der Waals surface area contributed by atoms with Crippen LogP contribution in [0.25, 0.3) is 17.2 Å². The zero-order valence-electron chi connectivity index (χ0n) is 17.5. The zero-order valence-corrected chi connectivity index (χ0v) is 17.5. The van der Waals surface area contributed by atoms with Crippen LogP contribution < -0.4 is 10.5 Å². The van der Waals surface area contributed by atoms with Crippen LogP contribution in [0.1, 0.15) is 41.4 Å². The monoisotopic (exact) mass is 425 g/mol. The largest absolute Gasteiger partial charge is 0.493 e. The molecule has 31 heavy (non-hydrogen) atoms. The van der Waals surface area contributed by atoms with Crippen molar-refractivity contribution in [2.45, 2.75) is 27.4 Å². The molecule has 2 heterocycles. The van der Waals surface area contributed by atoms with Crippen molar-refractivity contribution >= 4 is 34.9 Å². The van der Waals surface area contributed by atoms with Crippen molar-refractivity contribution in [2.24, 2.45) is 0 Å². The molecule has 0 atom stereocenters. The summed E-state index contributed by atoms with van der Waals surface area (Å²) in [7, 11) is 0. The Labute approximate surface area is 178 Å². The molecule has 0 amide bonds. The van der Waals surface area contributed by atoms with Gasteiger partial charge >= 0.3 is 11.9 Å². The maximum Gasteiger partial charge on any atom is 0.342 e. The van der Waals surface area contributed by atoms with E-state index < -0.39 is 11.9 Å².